The van der Waals surface area contributed by atoms with Gasteiger partial charge in [-0.1, -0.05) is 47.5 Å². The smallest absolute Gasteiger partial charge is 0.410 e. The second-order valence-electron chi connectivity index (χ2n) is 6.74. The van der Waals surface area contributed by atoms with Gasteiger partial charge in [0.25, 0.3) is 10.1 Å². The molecule has 0 saturated carbocycles. The maximum atomic E-state index is 12.2. The molecule has 1 unspecified atom stereocenters. The first-order valence-electron chi connectivity index (χ1n) is 8.81. The van der Waals surface area contributed by atoms with E-state index in [-0.39, 0.29) is 11.5 Å². The van der Waals surface area contributed by atoms with E-state index in [1.165, 1.54) is 17.7 Å². The molecule has 1 amide bonds. The van der Waals surface area contributed by atoms with Gasteiger partial charge >= 0.3 is 6.09 Å². The average molecular weight is 389 g/mol. The summed E-state index contributed by atoms with van der Waals surface area (Å²) in [6.07, 6.45) is -0.330. The fourth-order valence-electron chi connectivity index (χ4n) is 2.80. The largest absolute Gasteiger partial charge is 0.442 e. The Balaban J connectivity index is 1.51. The molecule has 0 radical (unpaired) electrons. The van der Waals surface area contributed by atoms with E-state index in [4.69, 9.17) is 8.92 Å². The fourth-order valence-corrected chi connectivity index (χ4v) is 3.74. The summed E-state index contributed by atoms with van der Waals surface area (Å²) in [7, 11) is -3.87. The van der Waals surface area contributed by atoms with Crippen LogP contribution >= 0.6 is 0 Å². The van der Waals surface area contributed by atoms with Crippen molar-refractivity contribution in [2.24, 2.45) is 0 Å². The highest BCUT2D eigenvalue weighted by atomic mass is 32.2. The molecule has 1 fully saturated rings. The highest BCUT2D eigenvalue weighted by molar-refractivity contribution is 7.86. The molecule has 6 nitrogen and oxygen atoms in total. The van der Waals surface area contributed by atoms with Crippen molar-refractivity contribution < 1.29 is 22.1 Å². The Hall–Kier alpha value is -2.38. The maximum absolute atomic E-state index is 12.2. The lowest BCUT2D eigenvalue weighted by atomic mass is 10.1. The average Bonchev–Trinajstić information content (AvgIpc) is 3.00. The molecule has 2 aromatic rings. The Bertz CT molecular complexity index is 891. The van der Waals surface area contributed by atoms with E-state index in [9.17, 15) is 13.2 Å². The predicted molar refractivity (Wildman–Crippen MR) is 101 cm³/mol. The lowest BCUT2D eigenvalue weighted by Crippen LogP contribution is -2.28. The predicted octanol–water partition coefficient (Wildman–Crippen LogP) is 3.07. The van der Waals surface area contributed by atoms with Crippen LogP contribution in [0.3, 0.4) is 0 Å². The molecule has 1 heterocycles. The molecule has 0 aromatic heterocycles. The minimum Gasteiger partial charge on any atom is -0.442 e. The van der Waals surface area contributed by atoms with Crippen molar-refractivity contribution in [1.29, 1.82) is 0 Å². The molecule has 27 heavy (non-hydrogen) atoms. The zero-order chi connectivity index (χ0) is 19.4. The first-order valence-corrected chi connectivity index (χ1v) is 10.2. The Kier molecular flexibility index (Phi) is 5.82. The van der Waals surface area contributed by atoms with Crippen molar-refractivity contribution >= 4 is 16.2 Å². The first-order chi connectivity index (χ1) is 12.8. The van der Waals surface area contributed by atoms with Gasteiger partial charge in [-0.3, -0.25) is 4.18 Å². The van der Waals surface area contributed by atoms with E-state index >= 15 is 0 Å². The summed E-state index contributed by atoms with van der Waals surface area (Å²) in [4.78, 5) is 13.7. The minimum absolute atomic E-state index is 0.0913. The fraction of sp³-hybridized carbons (Fsp3) is 0.350. The molecule has 0 bridgehead atoms. The topological polar surface area (TPSA) is 72.9 Å². The van der Waals surface area contributed by atoms with Gasteiger partial charge in [0, 0.05) is 6.54 Å². The molecule has 0 spiro atoms. The second-order valence-corrected chi connectivity index (χ2v) is 8.35. The number of benzene rings is 2. The molecule has 1 aliphatic rings. The second kappa shape index (κ2) is 8.10. The van der Waals surface area contributed by atoms with Crippen LogP contribution in [-0.4, -0.2) is 45.2 Å². The van der Waals surface area contributed by atoms with Crippen LogP contribution in [0.25, 0.3) is 0 Å². The van der Waals surface area contributed by atoms with Crippen LogP contribution in [0, 0.1) is 13.8 Å². The van der Waals surface area contributed by atoms with Crippen molar-refractivity contribution in [3.63, 3.8) is 0 Å². The van der Waals surface area contributed by atoms with Crippen LogP contribution in [0.15, 0.2) is 53.4 Å². The summed E-state index contributed by atoms with van der Waals surface area (Å²) in [6.45, 7) is 4.54. The van der Waals surface area contributed by atoms with Crippen molar-refractivity contribution in [3.05, 3.63) is 65.2 Å². The third kappa shape index (κ3) is 5.08. The molecular formula is C20H23NO5S. The Morgan fingerprint density at radius 1 is 1.04 bits per heavy atom. The van der Waals surface area contributed by atoms with Crippen LogP contribution in [-0.2, 0) is 25.5 Å². The van der Waals surface area contributed by atoms with Crippen LogP contribution in [0.2, 0.25) is 0 Å². The molecule has 2 aromatic carbocycles. The van der Waals surface area contributed by atoms with Gasteiger partial charge in [-0.25, -0.2) is 4.79 Å². The lowest BCUT2D eigenvalue weighted by molar-refractivity contribution is 0.104. The number of carbonyl (C=O) groups excluding carboxylic acids is 1. The van der Waals surface area contributed by atoms with Gasteiger partial charge in [-0.05, 0) is 38.0 Å². The van der Waals surface area contributed by atoms with Gasteiger partial charge in [0.05, 0.1) is 11.4 Å². The SMILES string of the molecule is Cc1ccc(CCN2CC(COS(=O)(=O)c3ccc(C)cc3)OC2=O)cc1. The molecule has 3 rings (SSSR count). The van der Waals surface area contributed by atoms with Crippen LogP contribution in [0.1, 0.15) is 16.7 Å². The lowest BCUT2D eigenvalue weighted by Gasteiger charge is -2.13. The van der Waals surface area contributed by atoms with Crippen molar-refractivity contribution in [2.75, 3.05) is 19.7 Å². The third-order valence-corrected chi connectivity index (χ3v) is 5.76. The van der Waals surface area contributed by atoms with Crippen molar-refractivity contribution in [3.8, 4) is 0 Å². The van der Waals surface area contributed by atoms with E-state index in [1.54, 1.807) is 17.0 Å². The third-order valence-electron chi connectivity index (χ3n) is 4.46. The highest BCUT2D eigenvalue weighted by Gasteiger charge is 2.32. The molecule has 0 N–H and O–H groups in total. The highest BCUT2D eigenvalue weighted by Crippen LogP contribution is 2.17. The number of amides is 1. The van der Waals surface area contributed by atoms with Crippen LogP contribution in [0.4, 0.5) is 4.79 Å². The zero-order valence-corrected chi connectivity index (χ0v) is 16.2. The maximum Gasteiger partial charge on any atom is 0.410 e. The number of carbonyl (C=O) groups is 1. The van der Waals surface area contributed by atoms with Gasteiger partial charge in [0.15, 0.2) is 0 Å². The van der Waals surface area contributed by atoms with Gasteiger partial charge < -0.3 is 9.64 Å². The number of ether oxygens (including phenoxy) is 1. The van der Waals surface area contributed by atoms with Gasteiger partial charge in [-0.15, -0.1) is 0 Å². The van der Waals surface area contributed by atoms with Crippen LogP contribution in [0.5, 0.6) is 0 Å². The van der Waals surface area contributed by atoms with Crippen molar-refractivity contribution in [1.82, 2.24) is 4.90 Å². The zero-order valence-electron chi connectivity index (χ0n) is 15.4. The number of aryl methyl sites for hydroxylation is 2. The molecule has 7 heteroatoms. The van der Waals surface area contributed by atoms with E-state index in [0.717, 1.165) is 11.1 Å². The molecule has 144 valence electrons. The number of cyclic esters (lactones) is 1. The normalized spacial score (nSPS) is 17.2. The molecule has 1 atom stereocenters. The van der Waals surface area contributed by atoms with Gasteiger partial charge in [0.1, 0.15) is 12.7 Å². The number of rotatable bonds is 7. The summed E-state index contributed by atoms with van der Waals surface area (Å²) < 4.78 is 34.8. The Labute approximate surface area is 159 Å². The molecule has 0 aliphatic carbocycles. The van der Waals surface area contributed by atoms with Gasteiger partial charge in [0.2, 0.25) is 0 Å². The van der Waals surface area contributed by atoms with E-state index in [0.29, 0.717) is 19.5 Å². The number of hydrogen-bond donors (Lipinski definition) is 0. The monoisotopic (exact) mass is 389 g/mol. The van der Waals surface area contributed by atoms with E-state index < -0.39 is 22.3 Å². The molecule has 1 aliphatic heterocycles. The summed E-state index contributed by atoms with van der Waals surface area (Å²) in [5.41, 5.74) is 3.28. The van der Waals surface area contributed by atoms with E-state index in [1.807, 2.05) is 38.1 Å². The molecular weight excluding hydrogens is 366 g/mol. The van der Waals surface area contributed by atoms with E-state index in [2.05, 4.69) is 0 Å². The first kappa shape index (κ1) is 19.4. The minimum atomic E-state index is -3.87. The Morgan fingerprint density at radius 2 is 1.63 bits per heavy atom. The Morgan fingerprint density at radius 3 is 2.26 bits per heavy atom. The quantitative estimate of drug-likeness (QED) is 0.681. The summed E-state index contributed by atoms with van der Waals surface area (Å²) >= 11 is 0. The summed E-state index contributed by atoms with van der Waals surface area (Å²) in [5, 5.41) is 0. The van der Waals surface area contributed by atoms with Gasteiger partial charge in [-0.2, -0.15) is 8.42 Å². The summed E-state index contributed by atoms with van der Waals surface area (Å²) in [5.74, 6) is 0. The standard InChI is InChI=1S/C20H23NO5S/c1-15-3-7-17(8-4-15)11-12-21-13-18(26-20(21)22)14-25-27(23,24)19-9-5-16(2)6-10-19/h3-10,18H,11-14H2,1-2H3. The van der Waals surface area contributed by atoms with Crippen LogP contribution < -0.4 is 0 Å². The summed E-state index contributed by atoms with van der Waals surface area (Å²) in [6, 6.07) is 14.5. The number of nitrogens with zero attached hydrogens (tertiary/aromatic N) is 1. The number of hydrogen-bond acceptors (Lipinski definition) is 5. The van der Waals surface area contributed by atoms with Crippen molar-refractivity contribution in [2.45, 2.75) is 31.3 Å². The molecule has 1 saturated heterocycles.